The van der Waals surface area contributed by atoms with E-state index in [9.17, 15) is 69.6 Å². The van der Waals surface area contributed by atoms with Crippen molar-refractivity contribution in [2.45, 2.75) is 158 Å². The zero-order chi connectivity index (χ0) is 49.1. The Morgan fingerprint density at radius 1 is 0.537 bits per heavy atom. The topological polar surface area (TPSA) is 338 Å². The minimum absolute atomic E-state index is 0.0227. The third-order valence-corrected chi connectivity index (χ3v) is 11.2. The molecule has 2 heterocycles. The molecule has 22 heteroatoms. The third-order valence-electron chi connectivity index (χ3n) is 11.2. The fourth-order valence-electron chi connectivity index (χ4n) is 7.20. The lowest BCUT2D eigenvalue weighted by atomic mass is 9.99. The van der Waals surface area contributed by atoms with Gasteiger partial charge < -0.3 is 80.1 Å². The summed E-state index contributed by atoms with van der Waals surface area (Å²) in [6.45, 7) is -1.58. The van der Waals surface area contributed by atoms with E-state index in [0.29, 0.717) is 51.4 Å². The van der Waals surface area contributed by atoms with Gasteiger partial charge in [-0.2, -0.15) is 0 Å². The van der Waals surface area contributed by atoms with Gasteiger partial charge in [-0.05, 0) is 37.7 Å². The summed E-state index contributed by atoms with van der Waals surface area (Å²) in [5.74, 6) is -2.23. The normalized spacial score (nSPS) is 25.0. The van der Waals surface area contributed by atoms with Crippen molar-refractivity contribution < 1.29 is 93.3 Å². The number of nitrogens with one attached hydrogen (secondary N) is 2. The van der Waals surface area contributed by atoms with Crippen LogP contribution in [-0.2, 0) is 59.1 Å². The van der Waals surface area contributed by atoms with E-state index in [1.807, 2.05) is 6.07 Å². The number of benzene rings is 1. The fourth-order valence-corrected chi connectivity index (χ4v) is 7.20. The lowest BCUT2D eigenvalue weighted by Gasteiger charge is -2.39. The van der Waals surface area contributed by atoms with Crippen LogP contribution in [0.15, 0.2) is 30.3 Å². The van der Waals surface area contributed by atoms with Gasteiger partial charge >= 0.3 is 5.97 Å². The molecule has 0 bridgehead atoms. The van der Waals surface area contributed by atoms with Crippen LogP contribution < -0.4 is 10.6 Å². The summed E-state index contributed by atoms with van der Waals surface area (Å²) in [6.07, 6.45) is -9.39. The first-order chi connectivity index (χ1) is 32.1. The van der Waals surface area contributed by atoms with Crippen molar-refractivity contribution in [2.75, 3.05) is 52.6 Å². The molecule has 0 unspecified atom stereocenters. The molecular weight excluding hydrogens is 886 g/mol. The number of Topliss-reactive ketones (excluding diaryl/α,β-unsaturated/α-hetero) is 2. The summed E-state index contributed by atoms with van der Waals surface area (Å²) >= 11 is 0. The quantitative estimate of drug-likeness (QED) is 0.0270. The molecule has 0 aromatic heterocycles. The molecule has 1 aromatic rings. The number of ketones is 2. The highest BCUT2D eigenvalue weighted by atomic mass is 16.7. The average Bonchev–Trinajstić information content (AvgIpc) is 3.32. The number of aliphatic hydroxyl groups is 8. The predicted molar refractivity (Wildman–Crippen MR) is 233 cm³/mol. The molecule has 3 amide bonds. The Balaban J connectivity index is 1.32. The molecule has 10 atom stereocenters. The van der Waals surface area contributed by atoms with Crippen LogP contribution in [0.5, 0.6) is 0 Å². The van der Waals surface area contributed by atoms with Gasteiger partial charge in [-0.3, -0.25) is 28.8 Å². The van der Waals surface area contributed by atoms with E-state index in [1.54, 1.807) is 24.3 Å². The number of hydrogen-bond donors (Lipinski definition) is 10. The van der Waals surface area contributed by atoms with Gasteiger partial charge in [-0.15, -0.1) is 0 Å². The Hall–Kier alpha value is -4.04. The second kappa shape index (κ2) is 31.9. The summed E-state index contributed by atoms with van der Waals surface area (Å²) in [7, 11) is 0. The summed E-state index contributed by atoms with van der Waals surface area (Å²) in [5, 5.41) is 83.5. The number of carbonyl (C=O) groups is 6. The van der Waals surface area contributed by atoms with Gasteiger partial charge in [0.15, 0.2) is 18.4 Å². The third kappa shape index (κ3) is 21.4. The van der Waals surface area contributed by atoms with Crippen LogP contribution in [0.25, 0.3) is 0 Å². The highest BCUT2D eigenvalue weighted by Crippen LogP contribution is 2.23. The maximum atomic E-state index is 13.2. The number of aliphatic hydroxyl groups excluding tert-OH is 8. The van der Waals surface area contributed by atoms with Gasteiger partial charge in [0.05, 0.1) is 45.9 Å². The van der Waals surface area contributed by atoms with E-state index >= 15 is 0 Å². The van der Waals surface area contributed by atoms with E-state index in [4.69, 9.17) is 23.7 Å². The second-order valence-electron chi connectivity index (χ2n) is 16.6. The monoisotopic (exact) mass is 957 g/mol. The number of ether oxygens (including phenoxy) is 5. The summed E-state index contributed by atoms with van der Waals surface area (Å²) in [6, 6.07) is 9.01. The molecule has 3 rings (SSSR count). The van der Waals surface area contributed by atoms with Crippen molar-refractivity contribution in [3.8, 4) is 0 Å². The predicted octanol–water partition coefficient (Wildman–Crippen LogP) is -1.98. The van der Waals surface area contributed by atoms with Gasteiger partial charge in [0.2, 0.25) is 17.7 Å². The molecule has 380 valence electrons. The molecule has 1 aromatic carbocycles. The Kier molecular flexibility index (Phi) is 27.3. The summed E-state index contributed by atoms with van der Waals surface area (Å²) in [4.78, 5) is 77.3. The summed E-state index contributed by atoms with van der Waals surface area (Å²) < 4.78 is 26.6. The molecule has 0 saturated carbocycles. The van der Waals surface area contributed by atoms with Gasteiger partial charge in [0, 0.05) is 45.2 Å². The largest absolute Gasteiger partial charge is 0.461 e. The summed E-state index contributed by atoms with van der Waals surface area (Å²) in [5.41, 5.74) is 0.775. The SMILES string of the molecule is O=C(CCCCCNC(=O)CN(CC(=O)CCCCCCC(=O)NCCO[C@H]1O[C@H](CO)[C@@H](O)[C@H](O)[C@@H]1O)C(=O)CCC(=O)OCc1ccccc1)CCCO[C@H]1O[C@H](CO)[C@@H](O)[C@H](O)[C@@H]1O. The van der Waals surface area contributed by atoms with E-state index in [2.05, 4.69) is 10.6 Å². The van der Waals surface area contributed by atoms with Crippen molar-refractivity contribution in [1.29, 1.82) is 0 Å². The fraction of sp³-hybridized carbons (Fsp3) is 0.733. The number of amides is 3. The molecule has 2 aliphatic rings. The molecule has 0 radical (unpaired) electrons. The standard InChI is InChI=1S/C45H71N3O19/c49-26-32-38(57)40(59)42(61)44(66-32)63-22-11-16-30(51)14-8-4-10-20-46-35(54)25-48(36(55)18-19-37(56)65-28-29-12-5-3-6-13-29)24-31(52)15-7-1-2-9-17-34(53)47-21-23-64-45-43(62)41(60)39(58)33(27-50)67-45/h3,5-6,12-13,32-33,38-45,49-50,57-62H,1-2,4,7-11,14-28H2,(H,46,54)(H,47,53)/t32-,33-,38-,39-,40+,41+,42+,43+,44+,45+/m1/s1. The minimum Gasteiger partial charge on any atom is -0.461 e. The second-order valence-corrected chi connectivity index (χ2v) is 16.6. The molecule has 67 heavy (non-hydrogen) atoms. The van der Waals surface area contributed by atoms with Crippen molar-refractivity contribution >= 4 is 35.3 Å². The number of rotatable bonds is 33. The maximum Gasteiger partial charge on any atom is 0.306 e. The Labute approximate surface area is 389 Å². The van der Waals surface area contributed by atoms with Gasteiger partial charge in [-0.1, -0.05) is 49.6 Å². The smallest absolute Gasteiger partial charge is 0.306 e. The molecule has 22 nitrogen and oxygen atoms in total. The molecule has 10 N–H and O–H groups in total. The number of nitrogens with zero attached hydrogens (tertiary/aromatic N) is 1. The first-order valence-electron chi connectivity index (χ1n) is 23.0. The van der Waals surface area contributed by atoms with Crippen LogP contribution in [0.3, 0.4) is 0 Å². The van der Waals surface area contributed by atoms with E-state index in [0.717, 1.165) is 10.5 Å². The zero-order valence-corrected chi connectivity index (χ0v) is 37.9. The first kappa shape index (κ1) is 57.3. The van der Waals surface area contributed by atoms with Crippen LogP contribution in [0.1, 0.15) is 95.5 Å². The van der Waals surface area contributed by atoms with Crippen molar-refractivity contribution in [1.82, 2.24) is 15.5 Å². The van der Waals surface area contributed by atoms with E-state index in [-0.39, 0.29) is 95.5 Å². The van der Waals surface area contributed by atoms with Gasteiger partial charge in [0.25, 0.3) is 0 Å². The zero-order valence-electron chi connectivity index (χ0n) is 37.9. The molecular formula is C45H71N3O19. The maximum absolute atomic E-state index is 13.2. The lowest BCUT2D eigenvalue weighted by molar-refractivity contribution is -0.301. The van der Waals surface area contributed by atoms with E-state index in [1.165, 1.54) is 0 Å². The molecule has 2 saturated heterocycles. The highest BCUT2D eigenvalue weighted by Gasteiger charge is 2.45. The number of carbonyl (C=O) groups excluding carboxylic acids is 6. The van der Waals surface area contributed by atoms with Crippen molar-refractivity contribution in [2.24, 2.45) is 0 Å². The Morgan fingerprint density at radius 3 is 1.69 bits per heavy atom. The van der Waals surface area contributed by atoms with Crippen LogP contribution in [0.2, 0.25) is 0 Å². The van der Waals surface area contributed by atoms with Crippen LogP contribution in [0, 0.1) is 0 Å². The average molecular weight is 958 g/mol. The lowest BCUT2D eigenvalue weighted by Crippen LogP contribution is -2.59. The molecule has 0 aliphatic carbocycles. The molecule has 2 fully saturated rings. The Morgan fingerprint density at radius 2 is 1.07 bits per heavy atom. The van der Waals surface area contributed by atoms with Gasteiger partial charge in [0.1, 0.15) is 61.2 Å². The number of hydrogen-bond acceptors (Lipinski definition) is 19. The van der Waals surface area contributed by atoms with Crippen LogP contribution in [-0.4, -0.2) is 195 Å². The van der Waals surface area contributed by atoms with Crippen molar-refractivity contribution in [3.63, 3.8) is 0 Å². The Bertz CT molecular complexity index is 1560. The molecule has 2 aliphatic heterocycles. The minimum atomic E-state index is -1.57. The van der Waals surface area contributed by atoms with E-state index < -0.39 is 99.0 Å². The van der Waals surface area contributed by atoms with Crippen LogP contribution in [0.4, 0.5) is 0 Å². The number of unbranched alkanes of at least 4 members (excludes halogenated alkanes) is 5. The first-order valence-corrected chi connectivity index (χ1v) is 23.0. The van der Waals surface area contributed by atoms with Crippen molar-refractivity contribution in [3.05, 3.63) is 35.9 Å². The number of esters is 1. The highest BCUT2D eigenvalue weighted by molar-refractivity contribution is 5.90. The van der Waals surface area contributed by atoms with Gasteiger partial charge in [-0.25, -0.2) is 0 Å². The van der Waals surface area contributed by atoms with Crippen LogP contribution >= 0.6 is 0 Å². The molecule has 0 spiro atoms.